The number of hydrogen-bond acceptors (Lipinski definition) is 5. The van der Waals surface area contributed by atoms with Crippen LogP contribution in [0.25, 0.3) is 10.8 Å². The lowest BCUT2D eigenvalue weighted by atomic mass is 10.1. The van der Waals surface area contributed by atoms with E-state index in [1.165, 1.54) is 0 Å². The molecule has 30 heavy (non-hydrogen) atoms. The van der Waals surface area contributed by atoms with Crippen LogP contribution in [0.2, 0.25) is 0 Å². The molecule has 3 heterocycles. The molecular weight excluding hydrogens is 376 g/mol. The first-order valence-corrected chi connectivity index (χ1v) is 10.5. The quantitative estimate of drug-likeness (QED) is 0.661. The van der Waals surface area contributed by atoms with Crippen molar-refractivity contribution in [3.63, 3.8) is 0 Å². The molecule has 156 valence electrons. The fourth-order valence-corrected chi connectivity index (χ4v) is 3.77. The molecule has 3 aromatic rings. The smallest absolute Gasteiger partial charge is 0.315 e. The molecule has 2 aromatic heterocycles. The summed E-state index contributed by atoms with van der Waals surface area (Å²) < 4.78 is 0. The van der Waals surface area contributed by atoms with Crippen molar-refractivity contribution in [3.8, 4) is 0 Å². The zero-order valence-corrected chi connectivity index (χ0v) is 17.3. The van der Waals surface area contributed by atoms with Crippen LogP contribution < -0.4 is 15.5 Å². The zero-order valence-electron chi connectivity index (χ0n) is 17.3. The molecule has 0 radical (unpaired) electrons. The van der Waals surface area contributed by atoms with Gasteiger partial charge >= 0.3 is 6.03 Å². The molecule has 4 rings (SSSR count). The van der Waals surface area contributed by atoms with Gasteiger partial charge in [0.05, 0.1) is 12.2 Å². The number of fused-ring (bicyclic) bond motifs is 1. The van der Waals surface area contributed by atoms with E-state index in [0.29, 0.717) is 13.1 Å². The van der Waals surface area contributed by atoms with Gasteiger partial charge in [-0.3, -0.25) is 4.98 Å². The summed E-state index contributed by atoms with van der Waals surface area (Å²) in [6, 6.07) is 13.8. The maximum atomic E-state index is 12.3. The minimum Gasteiger partial charge on any atom is -0.354 e. The van der Waals surface area contributed by atoms with E-state index in [1.54, 1.807) is 6.20 Å². The SMILES string of the molecule is CCN1CCN(c2cc(CNC(=O)NCc3nccc4ccccc34)ccn2)CC1. The lowest BCUT2D eigenvalue weighted by molar-refractivity contribution is 0.240. The number of urea groups is 1. The molecule has 2 N–H and O–H groups in total. The molecule has 1 aromatic carbocycles. The average molecular weight is 405 g/mol. The molecule has 0 saturated carbocycles. The van der Waals surface area contributed by atoms with Crippen molar-refractivity contribution in [2.24, 2.45) is 0 Å². The van der Waals surface area contributed by atoms with E-state index in [-0.39, 0.29) is 6.03 Å². The van der Waals surface area contributed by atoms with Crippen LogP contribution in [-0.4, -0.2) is 53.6 Å². The minimum absolute atomic E-state index is 0.209. The number of aromatic nitrogens is 2. The number of carbonyl (C=O) groups excluding carboxylic acids is 1. The predicted octanol–water partition coefficient (Wildman–Crippen LogP) is 2.77. The van der Waals surface area contributed by atoms with E-state index >= 15 is 0 Å². The number of amides is 2. The highest BCUT2D eigenvalue weighted by Crippen LogP contribution is 2.16. The van der Waals surface area contributed by atoms with E-state index in [2.05, 4.69) is 43.4 Å². The number of hydrogen-bond donors (Lipinski definition) is 2. The number of piperazine rings is 1. The van der Waals surface area contributed by atoms with Gasteiger partial charge in [0.1, 0.15) is 5.82 Å². The van der Waals surface area contributed by atoms with Crippen molar-refractivity contribution >= 4 is 22.6 Å². The first-order chi connectivity index (χ1) is 14.7. The third kappa shape index (κ3) is 4.86. The number of benzene rings is 1. The van der Waals surface area contributed by atoms with E-state index in [1.807, 2.05) is 42.6 Å². The number of nitrogens with zero attached hydrogens (tertiary/aromatic N) is 4. The van der Waals surface area contributed by atoms with Gasteiger partial charge in [-0.15, -0.1) is 0 Å². The maximum Gasteiger partial charge on any atom is 0.315 e. The molecular formula is C23H28N6O. The second-order valence-electron chi connectivity index (χ2n) is 7.46. The maximum absolute atomic E-state index is 12.3. The third-order valence-corrected chi connectivity index (χ3v) is 5.58. The van der Waals surface area contributed by atoms with Crippen molar-refractivity contribution in [2.45, 2.75) is 20.0 Å². The van der Waals surface area contributed by atoms with Crippen LogP contribution in [0.3, 0.4) is 0 Å². The largest absolute Gasteiger partial charge is 0.354 e. The van der Waals surface area contributed by atoms with Crippen LogP contribution in [-0.2, 0) is 13.1 Å². The van der Waals surface area contributed by atoms with Gasteiger partial charge < -0.3 is 20.4 Å². The summed E-state index contributed by atoms with van der Waals surface area (Å²) in [4.78, 5) is 26.0. The molecule has 1 fully saturated rings. The highest BCUT2D eigenvalue weighted by atomic mass is 16.2. The lowest BCUT2D eigenvalue weighted by Crippen LogP contribution is -2.46. The molecule has 0 atom stereocenters. The van der Waals surface area contributed by atoms with Crippen LogP contribution in [0, 0.1) is 0 Å². The normalized spacial score (nSPS) is 14.6. The predicted molar refractivity (Wildman–Crippen MR) is 119 cm³/mol. The fourth-order valence-electron chi connectivity index (χ4n) is 3.77. The van der Waals surface area contributed by atoms with Crippen LogP contribution in [0.5, 0.6) is 0 Å². The Morgan fingerprint density at radius 1 is 0.967 bits per heavy atom. The number of pyridine rings is 2. The fraction of sp³-hybridized carbons (Fsp3) is 0.348. The molecule has 2 amide bonds. The molecule has 1 aliphatic heterocycles. The molecule has 0 bridgehead atoms. The second-order valence-corrected chi connectivity index (χ2v) is 7.46. The molecule has 1 aliphatic rings. The Morgan fingerprint density at radius 3 is 2.57 bits per heavy atom. The molecule has 0 spiro atoms. The summed E-state index contributed by atoms with van der Waals surface area (Å²) in [6.07, 6.45) is 3.59. The monoisotopic (exact) mass is 404 g/mol. The van der Waals surface area contributed by atoms with Gasteiger partial charge in [0, 0.05) is 50.5 Å². The van der Waals surface area contributed by atoms with Crippen LogP contribution >= 0.6 is 0 Å². The van der Waals surface area contributed by atoms with Crippen molar-refractivity contribution < 1.29 is 4.79 Å². The summed E-state index contributed by atoms with van der Waals surface area (Å²) in [6.45, 7) is 8.22. The Morgan fingerprint density at radius 2 is 1.73 bits per heavy atom. The number of likely N-dealkylation sites (N-methyl/N-ethyl adjacent to an activating group) is 1. The summed E-state index contributed by atoms with van der Waals surface area (Å²) in [5, 5.41) is 8.01. The van der Waals surface area contributed by atoms with Crippen LogP contribution in [0.15, 0.2) is 54.9 Å². The second kappa shape index (κ2) is 9.54. The molecule has 0 aliphatic carbocycles. The summed E-state index contributed by atoms with van der Waals surface area (Å²) in [5.41, 5.74) is 1.90. The Labute approximate surface area is 177 Å². The number of carbonyl (C=O) groups is 1. The van der Waals surface area contributed by atoms with Gasteiger partial charge in [0.2, 0.25) is 0 Å². The van der Waals surface area contributed by atoms with Gasteiger partial charge in [-0.1, -0.05) is 31.2 Å². The molecule has 0 unspecified atom stereocenters. The molecule has 7 heteroatoms. The van der Waals surface area contributed by atoms with Crippen LogP contribution in [0.4, 0.5) is 10.6 Å². The first-order valence-electron chi connectivity index (χ1n) is 10.5. The van der Waals surface area contributed by atoms with Gasteiger partial charge in [-0.05, 0) is 35.7 Å². The Hall–Kier alpha value is -3.19. The molecule has 1 saturated heterocycles. The first kappa shape index (κ1) is 20.1. The molecule has 7 nitrogen and oxygen atoms in total. The Kier molecular flexibility index (Phi) is 6.39. The zero-order chi connectivity index (χ0) is 20.8. The van der Waals surface area contributed by atoms with Crippen molar-refractivity contribution in [1.82, 2.24) is 25.5 Å². The third-order valence-electron chi connectivity index (χ3n) is 5.58. The number of rotatable bonds is 6. The van der Waals surface area contributed by atoms with Crippen molar-refractivity contribution in [1.29, 1.82) is 0 Å². The Balaban J connectivity index is 1.30. The minimum atomic E-state index is -0.209. The average Bonchev–Trinajstić information content (AvgIpc) is 2.81. The van der Waals surface area contributed by atoms with E-state index in [4.69, 9.17) is 0 Å². The highest BCUT2D eigenvalue weighted by molar-refractivity contribution is 5.84. The van der Waals surface area contributed by atoms with Gasteiger partial charge in [0.15, 0.2) is 0 Å². The lowest BCUT2D eigenvalue weighted by Gasteiger charge is -2.34. The van der Waals surface area contributed by atoms with Gasteiger partial charge in [-0.25, -0.2) is 9.78 Å². The summed E-state index contributed by atoms with van der Waals surface area (Å²) in [7, 11) is 0. The number of anilines is 1. The highest BCUT2D eigenvalue weighted by Gasteiger charge is 2.17. The van der Waals surface area contributed by atoms with E-state index < -0.39 is 0 Å². The van der Waals surface area contributed by atoms with E-state index in [9.17, 15) is 4.79 Å². The summed E-state index contributed by atoms with van der Waals surface area (Å²) >= 11 is 0. The van der Waals surface area contributed by atoms with Crippen LogP contribution in [0.1, 0.15) is 18.2 Å². The van der Waals surface area contributed by atoms with Crippen molar-refractivity contribution in [3.05, 3.63) is 66.1 Å². The standard InChI is InChI=1S/C23H28N6O/c1-2-28-11-13-29(14-12-28)22-15-18(7-9-25-22)16-26-23(30)27-17-21-20-6-4-3-5-19(20)8-10-24-21/h3-10,15H,2,11-14,16-17H2,1H3,(H2,26,27,30). The topological polar surface area (TPSA) is 73.4 Å². The van der Waals surface area contributed by atoms with E-state index in [0.717, 1.165) is 60.6 Å². The van der Waals surface area contributed by atoms with Crippen molar-refractivity contribution in [2.75, 3.05) is 37.6 Å². The summed E-state index contributed by atoms with van der Waals surface area (Å²) in [5.74, 6) is 0.977. The Bertz CT molecular complexity index is 994. The number of nitrogens with one attached hydrogen (secondary N) is 2. The van der Waals surface area contributed by atoms with Gasteiger partial charge in [0.25, 0.3) is 0 Å². The van der Waals surface area contributed by atoms with Gasteiger partial charge in [-0.2, -0.15) is 0 Å².